The van der Waals surface area contributed by atoms with Crippen molar-refractivity contribution in [1.29, 1.82) is 0 Å². The van der Waals surface area contributed by atoms with Crippen molar-refractivity contribution in [2.24, 2.45) is 5.92 Å². The highest BCUT2D eigenvalue weighted by Crippen LogP contribution is 2.38. The molecule has 0 bridgehead atoms. The van der Waals surface area contributed by atoms with E-state index in [2.05, 4.69) is 15.5 Å². The van der Waals surface area contributed by atoms with E-state index in [9.17, 15) is 13.2 Å². The van der Waals surface area contributed by atoms with Crippen LogP contribution in [0, 0.1) is 12.8 Å². The first-order valence-electron chi connectivity index (χ1n) is 10.6. The van der Waals surface area contributed by atoms with E-state index in [-0.39, 0.29) is 16.7 Å². The highest BCUT2D eigenvalue weighted by molar-refractivity contribution is 7.89. The zero-order valence-electron chi connectivity index (χ0n) is 17.4. The predicted octanol–water partition coefficient (Wildman–Crippen LogP) is 3.25. The number of sulfonamides is 1. The van der Waals surface area contributed by atoms with Gasteiger partial charge in [-0.25, -0.2) is 8.42 Å². The molecule has 1 aromatic carbocycles. The average Bonchev–Trinajstić information content (AvgIpc) is 3.47. The molecule has 1 saturated carbocycles. The Morgan fingerprint density at radius 1 is 1.30 bits per heavy atom. The fraction of sp³-hybridized carbons (Fsp3) is 0.571. The van der Waals surface area contributed by atoms with Crippen LogP contribution in [-0.2, 0) is 21.2 Å². The fourth-order valence-corrected chi connectivity index (χ4v) is 5.68. The zero-order valence-corrected chi connectivity index (χ0v) is 18.2. The van der Waals surface area contributed by atoms with Gasteiger partial charge in [-0.1, -0.05) is 12.1 Å². The minimum atomic E-state index is -3.61. The van der Waals surface area contributed by atoms with E-state index in [1.807, 2.05) is 0 Å². The first-order chi connectivity index (χ1) is 14.4. The van der Waals surface area contributed by atoms with E-state index < -0.39 is 10.0 Å². The van der Waals surface area contributed by atoms with Gasteiger partial charge in [0, 0.05) is 37.5 Å². The molecule has 1 N–H and O–H groups in total. The predicted molar refractivity (Wildman–Crippen MR) is 112 cm³/mol. The number of rotatable bonds is 7. The molecule has 30 heavy (non-hydrogen) atoms. The molecular weight excluding hydrogens is 404 g/mol. The molecule has 1 aliphatic heterocycles. The molecule has 0 radical (unpaired) electrons. The molecule has 1 aromatic heterocycles. The van der Waals surface area contributed by atoms with Crippen molar-refractivity contribution in [2.75, 3.05) is 18.4 Å². The van der Waals surface area contributed by atoms with Crippen LogP contribution in [0.25, 0.3) is 0 Å². The van der Waals surface area contributed by atoms with E-state index in [0.29, 0.717) is 49.0 Å². The zero-order chi connectivity index (χ0) is 21.3. The van der Waals surface area contributed by atoms with Gasteiger partial charge < -0.3 is 9.84 Å². The van der Waals surface area contributed by atoms with Crippen LogP contribution < -0.4 is 5.32 Å². The van der Waals surface area contributed by atoms with Gasteiger partial charge in [0.15, 0.2) is 5.82 Å². The molecule has 2 fully saturated rings. The maximum atomic E-state index is 13.3. The SMILES string of the molecule is CCC(=O)Nc1ccc(S(=O)(=O)N2CCC[C@@H](Cc3nc(C4CC4)no3)C2)c(C)c1. The second kappa shape index (κ2) is 8.47. The maximum Gasteiger partial charge on any atom is 0.243 e. The van der Waals surface area contributed by atoms with Gasteiger partial charge in [0.1, 0.15) is 0 Å². The molecule has 1 amide bonds. The van der Waals surface area contributed by atoms with Crippen LogP contribution in [0.2, 0.25) is 0 Å². The van der Waals surface area contributed by atoms with E-state index >= 15 is 0 Å². The summed E-state index contributed by atoms with van der Waals surface area (Å²) in [7, 11) is -3.61. The molecule has 2 aliphatic rings. The second-order valence-electron chi connectivity index (χ2n) is 8.28. The molecule has 2 heterocycles. The fourth-order valence-electron chi connectivity index (χ4n) is 3.92. The van der Waals surface area contributed by atoms with E-state index in [4.69, 9.17) is 4.52 Å². The summed E-state index contributed by atoms with van der Waals surface area (Å²) in [5.74, 6) is 1.89. The first-order valence-corrected chi connectivity index (χ1v) is 12.0. The molecule has 0 unspecified atom stereocenters. The molecule has 1 saturated heterocycles. The number of hydrogen-bond donors (Lipinski definition) is 1. The Balaban J connectivity index is 1.45. The van der Waals surface area contributed by atoms with E-state index in [1.54, 1.807) is 36.4 Å². The summed E-state index contributed by atoms with van der Waals surface area (Å²) in [4.78, 5) is 16.4. The third-order valence-electron chi connectivity index (χ3n) is 5.77. The standard InChI is InChI=1S/C21H28N4O4S/c1-3-19(26)22-17-8-9-18(14(2)11-17)30(27,28)25-10-4-5-15(13-25)12-20-23-21(24-29-20)16-6-7-16/h8-9,11,15-16H,3-7,10,12-13H2,1-2H3,(H,22,26)/t15-/m0/s1. The molecular formula is C21H28N4O4S. The largest absolute Gasteiger partial charge is 0.339 e. The highest BCUT2D eigenvalue weighted by atomic mass is 32.2. The minimum Gasteiger partial charge on any atom is -0.339 e. The third-order valence-corrected chi connectivity index (χ3v) is 7.79. The summed E-state index contributed by atoms with van der Waals surface area (Å²) in [5, 5.41) is 6.83. The lowest BCUT2D eigenvalue weighted by Gasteiger charge is -2.31. The Morgan fingerprint density at radius 2 is 2.10 bits per heavy atom. The van der Waals surface area contributed by atoms with E-state index in [0.717, 1.165) is 31.5 Å². The van der Waals surface area contributed by atoms with Crippen LogP contribution in [0.3, 0.4) is 0 Å². The van der Waals surface area contributed by atoms with Gasteiger partial charge in [0.2, 0.25) is 21.8 Å². The quantitative estimate of drug-likeness (QED) is 0.720. The van der Waals surface area contributed by atoms with Crippen LogP contribution in [-0.4, -0.2) is 41.9 Å². The topological polar surface area (TPSA) is 105 Å². The van der Waals surface area contributed by atoms with Gasteiger partial charge in [-0.3, -0.25) is 4.79 Å². The Bertz CT molecular complexity index is 1030. The number of piperidine rings is 1. The third kappa shape index (κ3) is 4.57. The monoisotopic (exact) mass is 432 g/mol. The van der Waals surface area contributed by atoms with Crippen molar-refractivity contribution in [1.82, 2.24) is 14.4 Å². The van der Waals surface area contributed by atoms with Gasteiger partial charge in [-0.05, 0) is 62.3 Å². The molecule has 4 rings (SSSR count). The second-order valence-corrected chi connectivity index (χ2v) is 10.2. The number of aromatic nitrogens is 2. The van der Waals surface area contributed by atoms with Crippen LogP contribution in [0.4, 0.5) is 5.69 Å². The lowest BCUT2D eigenvalue weighted by atomic mass is 9.96. The molecule has 0 spiro atoms. The number of aryl methyl sites for hydroxylation is 1. The highest BCUT2D eigenvalue weighted by Gasteiger charge is 2.33. The summed E-state index contributed by atoms with van der Waals surface area (Å²) in [6, 6.07) is 4.94. The summed E-state index contributed by atoms with van der Waals surface area (Å²) >= 11 is 0. The van der Waals surface area contributed by atoms with Crippen LogP contribution >= 0.6 is 0 Å². The summed E-state index contributed by atoms with van der Waals surface area (Å²) < 4.78 is 33.5. The van der Waals surface area contributed by atoms with Crippen LogP contribution in [0.5, 0.6) is 0 Å². The Hall–Kier alpha value is -2.26. The first kappa shape index (κ1) is 21.0. The van der Waals surface area contributed by atoms with Crippen molar-refractivity contribution in [3.63, 3.8) is 0 Å². The molecule has 2 aromatic rings. The molecule has 1 aliphatic carbocycles. The van der Waals surface area contributed by atoms with Gasteiger partial charge in [-0.15, -0.1) is 0 Å². The smallest absolute Gasteiger partial charge is 0.243 e. The van der Waals surface area contributed by atoms with Gasteiger partial charge in [0.05, 0.1) is 4.90 Å². The normalized spacial score (nSPS) is 20.3. The van der Waals surface area contributed by atoms with Crippen molar-refractivity contribution < 1.29 is 17.7 Å². The van der Waals surface area contributed by atoms with Crippen molar-refractivity contribution >= 4 is 21.6 Å². The lowest BCUT2D eigenvalue weighted by molar-refractivity contribution is -0.115. The van der Waals surface area contributed by atoms with Crippen molar-refractivity contribution in [3.8, 4) is 0 Å². The van der Waals surface area contributed by atoms with E-state index in [1.165, 1.54) is 0 Å². The van der Waals surface area contributed by atoms with Crippen molar-refractivity contribution in [3.05, 3.63) is 35.5 Å². The van der Waals surface area contributed by atoms with Gasteiger partial charge >= 0.3 is 0 Å². The average molecular weight is 433 g/mol. The molecule has 1 atom stereocenters. The van der Waals surface area contributed by atoms with Gasteiger partial charge in [0.25, 0.3) is 0 Å². The Morgan fingerprint density at radius 3 is 2.80 bits per heavy atom. The number of hydrogen-bond acceptors (Lipinski definition) is 6. The summed E-state index contributed by atoms with van der Waals surface area (Å²) in [6.45, 7) is 4.48. The Kier molecular flexibility index (Phi) is 5.92. The number of nitrogens with one attached hydrogen (secondary N) is 1. The summed E-state index contributed by atoms with van der Waals surface area (Å²) in [5.41, 5.74) is 1.23. The Labute approximate surface area is 177 Å². The number of anilines is 1. The number of amides is 1. The lowest BCUT2D eigenvalue weighted by Crippen LogP contribution is -2.40. The molecule has 8 nitrogen and oxygen atoms in total. The number of carbonyl (C=O) groups is 1. The molecule has 9 heteroatoms. The summed E-state index contributed by atoms with van der Waals surface area (Å²) in [6.07, 6.45) is 4.96. The maximum absolute atomic E-state index is 13.3. The number of benzene rings is 1. The number of nitrogens with zero attached hydrogens (tertiary/aromatic N) is 3. The van der Waals surface area contributed by atoms with Crippen molar-refractivity contribution in [2.45, 2.75) is 63.2 Å². The minimum absolute atomic E-state index is 0.102. The van der Waals surface area contributed by atoms with Crippen LogP contribution in [0.1, 0.15) is 62.2 Å². The van der Waals surface area contributed by atoms with Gasteiger partial charge in [-0.2, -0.15) is 9.29 Å². The van der Waals surface area contributed by atoms with Crippen LogP contribution in [0.15, 0.2) is 27.6 Å². The number of carbonyl (C=O) groups excluding carboxylic acids is 1. The molecule has 162 valence electrons.